The number of nitrogens with one attached hydrogen (secondary N) is 2. The summed E-state index contributed by atoms with van der Waals surface area (Å²) in [7, 11) is 1.29. The molecular weight excluding hydrogens is 368 g/mol. The van der Waals surface area contributed by atoms with Gasteiger partial charge in [0.25, 0.3) is 5.91 Å². The van der Waals surface area contributed by atoms with Crippen LogP contribution < -0.4 is 10.6 Å². The van der Waals surface area contributed by atoms with Crippen LogP contribution in [0, 0.1) is 11.6 Å². The quantitative estimate of drug-likeness (QED) is 0.647. The van der Waals surface area contributed by atoms with Crippen molar-refractivity contribution in [2.24, 2.45) is 0 Å². The van der Waals surface area contributed by atoms with Crippen LogP contribution in [0.25, 0.3) is 0 Å². The van der Waals surface area contributed by atoms with Crippen LogP contribution in [0.1, 0.15) is 20.7 Å². The molecule has 0 aliphatic carbocycles. The second kappa shape index (κ2) is 8.26. The second-order valence-electron chi connectivity index (χ2n) is 5.67. The molecule has 0 bridgehead atoms. The Labute approximate surface area is 159 Å². The molecular formula is C20H15F2N3O3. The van der Waals surface area contributed by atoms with Crippen LogP contribution in [0.5, 0.6) is 0 Å². The zero-order valence-corrected chi connectivity index (χ0v) is 14.7. The van der Waals surface area contributed by atoms with E-state index in [-0.39, 0.29) is 5.56 Å². The first-order valence-electron chi connectivity index (χ1n) is 8.15. The topological polar surface area (TPSA) is 80.3 Å². The van der Waals surface area contributed by atoms with E-state index in [0.29, 0.717) is 17.1 Å². The van der Waals surface area contributed by atoms with Crippen LogP contribution in [0.15, 0.2) is 60.8 Å². The summed E-state index contributed by atoms with van der Waals surface area (Å²) in [6.07, 6.45) is 1.39. The van der Waals surface area contributed by atoms with E-state index in [2.05, 4.69) is 20.4 Å². The van der Waals surface area contributed by atoms with Crippen molar-refractivity contribution >= 4 is 29.1 Å². The number of methoxy groups -OCH3 is 1. The van der Waals surface area contributed by atoms with Gasteiger partial charge in [0.15, 0.2) is 0 Å². The van der Waals surface area contributed by atoms with Crippen molar-refractivity contribution in [3.8, 4) is 0 Å². The molecule has 6 nitrogen and oxygen atoms in total. The van der Waals surface area contributed by atoms with Gasteiger partial charge in [0.05, 0.1) is 12.7 Å². The number of hydrogen-bond acceptors (Lipinski definition) is 5. The molecule has 28 heavy (non-hydrogen) atoms. The summed E-state index contributed by atoms with van der Waals surface area (Å²) < 4.78 is 32.0. The number of carbonyl (C=O) groups excluding carboxylic acids is 2. The summed E-state index contributed by atoms with van der Waals surface area (Å²) in [5.41, 5.74) is 0.655. The molecule has 1 heterocycles. The Balaban J connectivity index is 1.75. The van der Waals surface area contributed by atoms with Crippen LogP contribution in [-0.4, -0.2) is 24.0 Å². The van der Waals surface area contributed by atoms with E-state index >= 15 is 0 Å². The average Bonchev–Trinajstić information content (AvgIpc) is 2.71. The smallest absolute Gasteiger partial charge is 0.337 e. The number of aromatic nitrogens is 1. The molecule has 0 atom stereocenters. The van der Waals surface area contributed by atoms with Gasteiger partial charge in [-0.2, -0.15) is 0 Å². The second-order valence-corrected chi connectivity index (χ2v) is 5.67. The Kier molecular flexibility index (Phi) is 5.59. The maximum Gasteiger partial charge on any atom is 0.337 e. The van der Waals surface area contributed by atoms with Crippen molar-refractivity contribution in [3.05, 3.63) is 83.6 Å². The molecule has 3 rings (SSSR count). The Morgan fingerprint density at radius 3 is 2.29 bits per heavy atom. The minimum absolute atomic E-state index is 0.159. The standard InChI is InChI=1S/C20H15F2N3O3/c1-28-20(27)12-5-7-14(8-6-12)24-17-11-13(9-10-23-17)19(26)25-18-15(21)3-2-4-16(18)22/h2-11H,1H3,(H,23,24)(H,25,26). The third-order valence-electron chi connectivity index (χ3n) is 3.80. The highest BCUT2D eigenvalue weighted by atomic mass is 19.1. The van der Waals surface area contributed by atoms with Crippen molar-refractivity contribution < 1.29 is 23.1 Å². The summed E-state index contributed by atoms with van der Waals surface area (Å²) in [6, 6.07) is 12.6. The molecule has 3 aromatic rings. The van der Waals surface area contributed by atoms with Gasteiger partial charge in [0.1, 0.15) is 23.1 Å². The number of halogens is 2. The fraction of sp³-hybridized carbons (Fsp3) is 0.0500. The van der Waals surface area contributed by atoms with Gasteiger partial charge in [-0.3, -0.25) is 4.79 Å². The molecule has 1 aromatic heterocycles. The fourth-order valence-corrected chi connectivity index (χ4v) is 2.40. The number of hydrogen-bond donors (Lipinski definition) is 2. The monoisotopic (exact) mass is 383 g/mol. The van der Waals surface area contributed by atoms with E-state index in [4.69, 9.17) is 0 Å². The third-order valence-corrected chi connectivity index (χ3v) is 3.80. The van der Waals surface area contributed by atoms with Crippen LogP contribution in [0.4, 0.5) is 26.0 Å². The summed E-state index contributed by atoms with van der Waals surface area (Å²) in [5.74, 6) is -2.54. The van der Waals surface area contributed by atoms with E-state index in [1.807, 2.05) is 0 Å². The number of amides is 1. The Morgan fingerprint density at radius 2 is 1.64 bits per heavy atom. The molecule has 0 spiro atoms. The lowest BCUT2D eigenvalue weighted by Crippen LogP contribution is -2.14. The van der Waals surface area contributed by atoms with Crippen molar-refractivity contribution in [3.63, 3.8) is 0 Å². The van der Waals surface area contributed by atoms with Gasteiger partial charge in [0, 0.05) is 17.4 Å². The van der Waals surface area contributed by atoms with E-state index in [1.165, 1.54) is 31.5 Å². The van der Waals surface area contributed by atoms with Crippen LogP contribution in [0.3, 0.4) is 0 Å². The first-order valence-corrected chi connectivity index (χ1v) is 8.15. The minimum atomic E-state index is -0.869. The van der Waals surface area contributed by atoms with Gasteiger partial charge >= 0.3 is 5.97 Å². The summed E-state index contributed by atoms with van der Waals surface area (Å²) in [4.78, 5) is 27.9. The minimum Gasteiger partial charge on any atom is -0.465 e. The number of nitrogens with zero attached hydrogens (tertiary/aromatic N) is 1. The number of carbonyl (C=O) groups is 2. The molecule has 0 radical (unpaired) electrons. The number of esters is 1. The van der Waals surface area contributed by atoms with Gasteiger partial charge in [-0.15, -0.1) is 0 Å². The molecule has 0 fully saturated rings. The molecule has 2 N–H and O–H groups in total. The van der Waals surface area contributed by atoms with E-state index < -0.39 is 29.2 Å². The molecule has 142 valence electrons. The highest BCUT2D eigenvalue weighted by molar-refractivity contribution is 6.04. The number of rotatable bonds is 5. The molecule has 1 amide bonds. The van der Waals surface area contributed by atoms with Crippen LogP contribution in [-0.2, 0) is 4.74 Å². The molecule has 0 saturated heterocycles. The van der Waals surface area contributed by atoms with Gasteiger partial charge in [-0.1, -0.05) is 6.07 Å². The zero-order chi connectivity index (χ0) is 20.1. The Morgan fingerprint density at radius 1 is 0.964 bits per heavy atom. The number of benzene rings is 2. The lowest BCUT2D eigenvalue weighted by atomic mass is 10.2. The first-order chi connectivity index (χ1) is 13.5. The molecule has 0 aliphatic heterocycles. The van der Waals surface area contributed by atoms with Crippen LogP contribution in [0.2, 0.25) is 0 Å². The van der Waals surface area contributed by atoms with Crippen molar-refractivity contribution in [1.82, 2.24) is 4.98 Å². The van der Waals surface area contributed by atoms with E-state index in [0.717, 1.165) is 12.1 Å². The lowest BCUT2D eigenvalue weighted by molar-refractivity contribution is 0.0600. The Bertz CT molecular complexity index is 1000. The summed E-state index contributed by atoms with van der Waals surface area (Å²) in [6.45, 7) is 0. The van der Waals surface area contributed by atoms with Gasteiger partial charge < -0.3 is 15.4 Å². The fourth-order valence-electron chi connectivity index (χ4n) is 2.40. The van der Waals surface area contributed by atoms with Gasteiger partial charge in [0.2, 0.25) is 0 Å². The predicted molar refractivity (Wildman–Crippen MR) is 99.6 cm³/mol. The average molecular weight is 383 g/mol. The highest BCUT2D eigenvalue weighted by Gasteiger charge is 2.14. The summed E-state index contributed by atoms with van der Waals surface area (Å²) >= 11 is 0. The maximum absolute atomic E-state index is 13.7. The summed E-state index contributed by atoms with van der Waals surface area (Å²) in [5, 5.41) is 5.19. The largest absolute Gasteiger partial charge is 0.465 e. The number of para-hydroxylation sites is 1. The number of pyridine rings is 1. The zero-order valence-electron chi connectivity index (χ0n) is 14.7. The highest BCUT2D eigenvalue weighted by Crippen LogP contribution is 2.20. The Hall–Kier alpha value is -3.81. The third kappa shape index (κ3) is 4.29. The molecule has 0 saturated carbocycles. The normalized spacial score (nSPS) is 10.2. The van der Waals surface area contributed by atoms with E-state index in [1.54, 1.807) is 24.3 Å². The molecule has 2 aromatic carbocycles. The van der Waals surface area contributed by atoms with E-state index in [9.17, 15) is 18.4 Å². The molecule has 8 heteroatoms. The lowest BCUT2D eigenvalue weighted by Gasteiger charge is -2.10. The molecule has 0 aliphatic rings. The van der Waals surface area contributed by atoms with Crippen molar-refractivity contribution in [1.29, 1.82) is 0 Å². The number of anilines is 3. The van der Waals surface area contributed by atoms with Crippen molar-refractivity contribution in [2.75, 3.05) is 17.7 Å². The SMILES string of the molecule is COC(=O)c1ccc(Nc2cc(C(=O)Nc3c(F)cccc3F)ccn2)cc1. The maximum atomic E-state index is 13.7. The first kappa shape index (κ1) is 19.0. The number of ether oxygens (including phenoxy) is 1. The van der Waals surface area contributed by atoms with Crippen molar-refractivity contribution in [2.45, 2.75) is 0 Å². The van der Waals surface area contributed by atoms with Gasteiger partial charge in [-0.05, 0) is 48.5 Å². The predicted octanol–water partition coefficient (Wildman–Crippen LogP) is 4.14. The molecule has 0 unspecified atom stereocenters. The van der Waals surface area contributed by atoms with Crippen LogP contribution >= 0.6 is 0 Å². The van der Waals surface area contributed by atoms with Gasteiger partial charge in [-0.25, -0.2) is 18.6 Å².